The van der Waals surface area contributed by atoms with E-state index in [9.17, 15) is 8.42 Å². The van der Waals surface area contributed by atoms with Gasteiger partial charge in [0.2, 0.25) is 10.0 Å². The Balaban J connectivity index is 3.03. The van der Waals surface area contributed by atoms with Crippen LogP contribution in [0.2, 0.25) is 5.02 Å². The molecule has 4 nitrogen and oxygen atoms in total. The maximum atomic E-state index is 11.8. The van der Waals surface area contributed by atoms with Crippen molar-refractivity contribution in [1.29, 1.82) is 5.26 Å². The summed E-state index contributed by atoms with van der Waals surface area (Å²) in [6.45, 7) is 1.64. The number of halogens is 2. The van der Waals surface area contributed by atoms with Gasteiger partial charge in [-0.25, -0.2) is 8.42 Å². The van der Waals surface area contributed by atoms with Crippen LogP contribution in [0.25, 0.3) is 0 Å². The summed E-state index contributed by atoms with van der Waals surface area (Å²) in [6.07, 6.45) is 0.233. The lowest BCUT2D eigenvalue weighted by Gasteiger charge is -2.12. The summed E-state index contributed by atoms with van der Waals surface area (Å²) in [5.74, 6) is 0. The molecule has 1 rings (SSSR count). The van der Waals surface area contributed by atoms with Crippen molar-refractivity contribution in [3.05, 3.63) is 27.7 Å². The predicted octanol–water partition coefficient (Wildman–Crippen LogP) is 3.15. The van der Waals surface area contributed by atoms with Crippen molar-refractivity contribution in [2.75, 3.05) is 4.72 Å². The highest BCUT2D eigenvalue weighted by Crippen LogP contribution is 2.27. The molecule has 0 fully saturated rings. The number of anilines is 1. The number of hydrogen-bond acceptors (Lipinski definition) is 3. The van der Waals surface area contributed by atoms with E-state index in [0.29, 0.717) is 15.2 Å². The van der Waals surface area contributed by atoms with Crippen molar-refractivity contribution in [2.45, 2.75) is 18.6 Å². The van der Waals surface area contributed by atoms with Crippen molar-refractivity contribution >= 4 is 43.2 Å². The Hall–Kier alpha value is -0.770. The zero-order valence-corrected chi connectivity index (χ0v) is 12.1. The van der Waals surface area contributed by atoms with Gasteiger partial charge in [0.15, 0.2) is 5.25 Å². The van der Waals surface area contributed by atoms with Gasteiger partial charge in [-0.3, -0.25) is 4.72 Å². The summed E-state index contributed by atoms with van der Waals surface area (Å²) in [5.41, 5.74) is 0.364. The molecule has 1 unspecified atom stereocenters. The van der Waals surface area contributed by atoms with Gasteiger partial charge in [-0.1, -0.05) is 18.5 Å². The second-order valence-electron chi connectivity index (χ2n) is 3.30. The third-order valence-electron chi connectivity index (χ3n) is 2.07. The SMILES string of the molecule is CCC(C#N)S(=O)(=O)Nc1ccc(Cl)cc1Br. The molecule has 0 amide bonds. The lowest BCUT2D eigenvalue weighted by molar-refractivity contribution is 0.593. The fourth-order valence-corrected chi connectivity index (χ4v) is 3.29. The molecule has 0 radical (unpaired) electrons. The van der Waals surface area contributed by atoms with Crippen LogP contribution in [0.3, 0.4) is 0 Å². The van der Waals surface area contributed by atoms with E-state index in [1.165, 1.54) is 6.07 Å². The average molecular weight is 338 g/mol. The van der Waals surface area contributed by atoms with E-state index < -0.39 is 15.3 Å². The van der Waals surface area contributed by atoms with Gasteiger partial charge in [-0.15, -0.1) is 0 Å². The van der Waals surface area contributed by atoms with E-state index in [-0.39, 0.29) is 6.42 Å². The van der Waals surface area contributed by atoms with Crippen LogP contribution in [-0.2, 0) is 10.0 Å². The number of hydrogen-bond donors (Lipinski definition) is 1. The van der Waals surface area contributed by atoms with Gasteiger partial charge in [0.05, 0.1) is 11.8 Å². The maximum Gasteiger partial charge on any atom is 0.249 e. The summed E-state index contributed by atoms with van der Waals surface area (Å²) in [4.78, 5) is 0. The van der Waals surface area contributed by atoms with Gasteiger partial charge in [0.25, 0.3) is 0 Å². The van der Waals surface area contributed by atoms with Crippen LogP contribution >= 0.6 is 27.5 Å². The number of nitrogens with one attached hydrogen (secondary N) is 1. The van der Waals surface area contributed by atoms with Crippen LogP contribution in [0, 0.1) is 11.3 Å². The molecular weight excluding hydrogens is 328 g/mol. The number of nitriles is 1. The summed E-state index contributed by atoms with van der Waals surface area (Å²) in [6, 6.07) is 6.43. The lowest BCUT2D eigenvalue weighted by Crippen LogP contribution is -2.26. The lowest BCUT2D eigenvalue weighted by atomic mass is 10.3. The smallest absolute Gasteiger partial charge is 0.249 e. The monoisotopic (exact) mass is 336 g/mol. The molecule has 0 aromatic heterocycles. The van der Waals surface area contributed by atoms with Crippen molar-refractivity contribution in [3.63, 3.8) is 0 Å². The van der Waals surface area contributed by atoms with Gasteiger partial charge in [0, 0.05) is 9.50 Å². The first kappa shape index (κ1) is 14.3. The molecule has 0 aliphatic heterocycles. The Kier molecular flexibility index (Phi) is 4.80. The third kappa shape index (κ3) is 3.60. The first-order chi connectivity index (χ1) is 7.90. The molecule has 1 N–H and O–H groups in total. The van der Waals surface area contributed by atoms with E-state index in [1.54, 1.807) is 25.1 Å². The molecule has 17 heavy (non-hydrogen) atoms. The normalized spacial score (nSPS) is 12.8. The Morgan fingerprint density at radius 2 is 2.24 bits per heavy atom. The number of nitrogens with zero attached hydrogens (tertiary/aromatic N) is 1. The van der Waals surface area contributed by atoms with E-state index in [1.807, 2.05) is 0 Å². The summed E-state index contributed by atoms with van der Waals surface area (Å²) < 4.78 is 26.5. The predicted molar refractivity (Wildman–Crippen MR) is 71.4 cm³/mol. The van der Waals surface area contributed by atoms with Crippen molar-refractivity contribution in [3.8, 4) is 6.07 Å². The molecular formula is C10H10BrClN2O2S. The van der Waals surface area contributed by atoms with Crippen molar-refractivity contribution in [1.82, 2.24) is 0 Å². The molecule has 92 valence electrons. The van der Waals surface area contributed by atoms with Gasteiger partial charge in [0.1, 0.15) is 0 Å². The van der Waals surface area contributed by atoms with Gasteiger partial charge in [-0.05, 0) is 40.5 Å². The molecule has 0 heterocycles. The highest BCUT2D eigenvalue weighted by atomic mass is 79.9. The van der Waals surface area contributed by atoms with Crippen LogP contribution < -0.4 is 4.72 Å². The standard InChI is InChI=1S/C10H10BrClN2O2S/c1-2-8(6-13)17(15,16)14-10-4-3-7(12)5-9(10)11/h3-5,8,14H,2H2,1H3. The molecule has 1 aromatic rings. The fourth-order valence-electron chi connectivity index (χ4n) is 1.18. The van der Waals surface area contributed by atoms with Crippen LogP contribution in [0.5, 0.6) is 0 Å². The minimum Gasteiger partial charge on any atom is -0.281 e. The van der Waals surface area contributed by atoms with Crippen LogP contribution in [0.4, 0.5) is 5.69 Å². The summed E-state index contributed by atoms with van der Waals surface area (Å²) in [7, 11) is -3.70. The first-order valence-corrected chi connectivity index (χ1v) is 7.48. The van der Waals surface area contributed by atoms with Gasteiger partial charge >= 0.3 is 0 Å². The van der Waals surface area contributed by atoms with E-state index in [0.717, 1.165) is 0 Å². The average Bonchev–Trinajstić information content (AvgIpc) is 2.23. The Bertz CT molecular complexity index is 554. The van der Waals surface area contributed by atoms with E-state index in [2.05, 4.69) is 20.7 Å². The van der Waals surface area contributed by atoms with Crippen molar-refractivity contribution < 1.29 is 8.42 Å². The molecule has 1 atom stereocenters. The molecule has 1 aromatic carbocycles. The van der Waals surface area contributed by atoms with Crippen LogP contribution in [0.1, 0.15) is 13.3 Å². The maximum absolute atomic E-state index is 11.8. The fraction of sp³-hybridized carbons (Fsp3) is 0.300. The molecule has 0 saturated heterocycles. The molecule has 0 spiro atoms. The van der Waals surface area contributed by atoms with Gasteiger partial charge in [-0.2, -0.15) is 5.26 Å². The Labute approximate surface area is 114 Å². The zero-order chi connectivity index (χ0) is 13.1. The molecule has 0 bridgehead atoms. The molecule has 0 saturated carbocycles. The zero-order valence-electron chi connectivity index (χ0n) is 8.94. The third-order valence-corrected chi connectivity index (χ3v) is 4.66. The Morgan fingerprint density at radius 1 is 1.59 bits per heavy atom. The Morgan fingerprint density at radius 3 is 2.71 bits per heavy atom. The number of rotatable bonds is 4. The number of benzene rings is 1. The van der Waals surface area contributed by atoms with Crippen molar-refractivity contribution in [2.24, 2.45) is 0 Å². The van der Waals surface area contributed by atoms with E-state index in [4.69, 9.17) is 16.9 Å². The minimum absolute atomic E-state index is 0.233. The largest absolute Gasteiger partial charge is 0.281 e. The van der Waals surface area contributed by atoms with E-state index >= 15 is 0 Å². The second-order valence-corrected chi connectivity index (χ2v) is 6.45. The molecule has 7 heteroatoms. The first-order valence-electron chi connectivity index (χ1n) is 4.77. The quantitative estimate of drug-likeness (QED) is 0.917. The minimum atomic E-state index is -3.70. The van der Waals surface area contributed by atoms with Crippen LogP contribution in [0.15, 0.2) is 22.7 Å². The summed E-state index contributed by atoms with van der Waals surface area (Å²) >= 11 is 8.94. The molecule has 0 aliphatic carbocycles. The topological polar surface area (TPSA) is 70.0 Å². The van der Waals surface area contributed by atoms with Gasteiger partial charge < -0.3 is 0 Å². The summed E-state index contributed by atoms with van der Waals surface area (Å²) in [5, 5.41) is 8.18. The number of sulfonamides is 1. The second kappa shape index (κ2) is 5.71. The highest BCUT2D eigenvalue weighted by Gasteiger charge is 2.23. The van der Waals surface area contributed by atoms with Crippen LogP contribution in [-0.4, -0.2) is 13.7 Å². The highest BCUT2D eigenvalue weighted by molar-refractivity contribution is 9.10. The molecule has 0 aliphatic rings.